The molecule has 2 aromatic rings. The van der Waals surface area contributed by atoms with Crippen molar-refractivity contribution in [3.63, 3.8) is 0 Å². The second-order valence-electron chi connectivity index (χ2n) is 6.31. The van der Waals surface area contributed by atoms with E-state index in [-0.39, 0.29) is 13.0 Å². The number of benzene rings is 1. The third-order valence-electron chi connectivity index (χ3n) is 3.17. The molecule has 2 rings (SSSR count). The van der Waals surface area contributed by atoms with Crippen LogP contribution in [-0.2, 0) is 4.74 Å². The Hall–Kier alpha value is -1.70. The molecule has 6 nitrogen and oxygen atoms in total. The topological polar surface area (TPSA) is 91.7 Å². The first-order chi connectivity index (χ1) is 10.8. The van der Waals surface area contributed by atoms with E-state index < -0.39 is 23.9 Å². The third-order valence-corrected chi connectivity index (χ3v) is 3.98. The van der Waals surface area contributed by atoms with Crippen molar-refractivity contribution in [1.82, 2.24) is 10.3 Å². The largest absolute Gasteiger partial charge is 0.444 e. The molecule has 0 bridgehead atoms. The predicted molar refractivity (Wildman–Crippen MR) is 89.4 cm³/mol. The van der Waals surface area contributed by atoms with Gasteiger partial charge in [-0.3, -0.25) is 0 Å². The van der Waals surface area contributed by atoms with E-state index in [9.17, 15) is 15.0 Å². The van der Waals surface area contributed by atoms with E-state index in [1.165, 1.54) is 11.3 Å². The van der Waals surface area contributed by atoms with Gasteiger partial charge in [-0.05, 0) is 44.9 Å². The number of aliphatic hydroxyl groups is 2. The zero-order valence-corrected chi connectivity index (χ0v) is 14.3. The molecule has 1 heterocycles. The molecule has 7 heteroatoms. The minimum absolute atomic E-state index is 0.214. The molecule has 23 heavy (non-hydrogen) atoms. The summed E-state index contributed by atoms with van der Waals surface area (Å²) in [6, 6.07) is 5.41. The van der Waals surface area contributed by atoms with Gasteiger partial charge >= 0.3 is 6.09 Å². The van der Waals surface area contributed by atoms with Gasteiger partial charge in [0.25, 0.3) is 0 Å². The Balaban J connectivity index is 1.85. The average molecular weight is 338 g/mol. The van der Waals surface area contributed by atoms with Crippen LogP contribution in [0.3, 0.4) is 0 Å². The van der Waals surface area contributed by atoms with Crippen molar-refractivity contribution in [3.05, 3.63) is 29.3 Å². The van der Waals surface area contributed by atoms with Crippen molar-refractivity contribution in [2.45, 2.75) is 45.0 Å². The van der Waals surface area contributed by atoms with Gasteiger partial charge in [0.15, 0.2) is 0 Å². The molecule has 0 radical (unpaired) electrons. The zero-order valence-electron chi connectivity index (χ0n) is 13.4. The highest BCUT2D eigenvalue weighted by Crippen LogP contribution is 2.25. The minimum atomic E-state index is -1.03. The van der Waals surface area contributed by atoms with Crippen LogP contribution in [0.2, 0.25) is 0 Å². The molecule has 0 aliphatic rings. The highest BCUT2D eigenvalue weighted by Gasteiger charge is 2.20. The van der Waals surface area contributed by atoms with E-state index >= 15 is 0 Å². The number of rotatable bonds is 5. The first-order valence-electron chi connectivity index (χ1n) is 7.42. The van der Waals surface area contributed by atoms with Crippen molar-refractivity contribution in [2.75, 3.05) is 6.54 Å². The first-order valence-corrected chi connectivity index (χ1v) is 8.30. The Morgan fingerprint density at radius 3 is 2.83 bits per heavy atom. The molecule has 0 saturated carbocycles. The number of fused-ring (bicyclic) bond motifs is 1. The molecular weight excluding hydrogens is 316 g/mol. The summed E-state index contributed by atoms with van der Waals surface area (Å²) in [6.07, 6.45) is -2.33. The lowest BCUT2D eigenvalue weighted by Crippen LogP contribution is -2.34. The van der Waals surface area contributed by atoms with Gasteiger partial charge in [-0.2, -0.15) is 0 Å². The molecule has 1 amide bonds. The van der Waals surface area contributed by atoms with Crippen molar-refractivity contribution in [2.24, 2.45) is 0 Å². The highest BCUT2D eigenvalue weighted by molar-refractivity contribution is 7.16. The lowest BCUT2D eigenvalue weighted by Gasteiger charge is -2.21. The van der Waals surface area contributed by atoms with Crippen molar-refractivity contribution < 1.29 is 19.7 Å². The van der Waals surface area contributed by atoms with Crippen molar-refractivity contribution >= 4 is 27.6 Å². The first kappa shape index (κ1) is 17.7. The quantitative estimate of drug-likeness (QED) is 0.779. The molecule has 126 valence electrons. The summed E-state index contributed by atoms with van der Waals surface area (Å²) in [4.78, 5) is 15.7. The highest BCUT2D eigenvalue weighted by atomic mass is 32.1. The van der Waals surface area contributed by atoms with Crippen LogP contribution in [0.5, 0.6) is 0 Å². The smallest absolute Gasteiger partial charge is 0.407 e. The van der Waals surface area contributed by atoms with Gasteiger partial charge in [0.2, 0.25) is 0 Å². The summed E-state index contributed by atoms with van der Waals surface area (Å²) in [5, 5.41) is 22.9. The summed E-state index contributed by atoms with van der Waals surface area (Å²) in [7, 11) is 0. The van der Waals surface area contributed by atoms with Gasteiger partial charge in [0, 0.05) is 6.54 Å². The number of hydrogen-bond acceptors (Lipinski definition) is 6. The van der Waals surface area contributed by atoms with E-state index in [2.05, 4.69) is 10.3 Å². The second kappa shape index (κ2) is 7.25. The second-order valence-corrected chi connectivity index (χ2v) is 7.20. The molecule has 2 atom stereocenters. The minimum Gasteiger partial charge on any atom is -0.444 e. The fourth-order valence-electron chi connectivity index (χ4n) is 2.08. The number of alkyl carbamates (subject to hydrolysis) is 1. The molecule has 0 aliphatic heterocycles. The van der Waals surface area contributed by atoms with E-state index in [1.54, 1.807) is 38.4 Å². The van der Waals surface area contributed by atoms with Crippen LogP contribution in [0.4, 0.5) is 4.79 Å². The zero-order chi connectivity index (χ0) is 17.0. The molecule has 0 aliphatic carbocycles. The SMILES string of the molecule is CC(C)(C)OC(=O)NCCC(O)C(O)c1ccc2scnc2c1. The van der Waals surface area contributed by atoms with Crippen LogP contribution >= 0.6 is 11.3 Å². The molecule has 2 unspecified atom stereocenters. The summed E-state index contributed by atoms with van der Waals surface area (Å²) in [5.41, 5.74) is 2.58. The molecule has 1 aromatic carbocycles. The number of hydrogen-bond donors (Lipinski definition) is 3. The predicted octanol–water partition coefficient (Wildman–Crippen LogP) is 2.61. The fourth-order valence-corrected chi connectivity index (χ4v) is 2.73. The van der Waals surface area contributed by atoms with Crippen LogP contribution in [0.25, 0.3) is 10.2 Å². The number of carbonyl (C=O) groups excluding carboxylic acids is 1. The Morgan fingerprint density at radius 1 is 1.39 bits per heavy atom. The number of ether oxygens (including phenoxy) is 1. The van der Waals surface area contributed by atoms with Crippen molar-refractivity contribution in [1.29, 1.82) is 0 Å². The monoisotopic (exact) mass is 338 g/mol. The Kier molecular flexibility index (Phi) is 5.56. The summed E-state index contributed by atoms with van der Waals surface area (Å²) < 4.78 is 6.13. The van der Waals surface area contributed by atoms with Crippen LogP contribution in [-0.4, -0.2) is 39.5 Å². The van der Waals surface area contributed by atoms with Gasteiger partial charge < -0.3 is 20.3 Å². The summed E-state index contributed by atoms with van der Waals surface area (Å²) in [5.74, 6) is 0. The summed E-state index contributed by atoms with van der Waals surface area (Å²) in [6.45, 7) is 5.55. The van der Waals surface area contributed by atoms with E-state index in [0.29, 0.717) is 5.56 Å². The average Bonchev–Trinajstić information content (AvgIpc) is 2.91. The molecular formula is C16H22N2O4S. The van der Waals surface area contributed by atoms with Crippen LogP contribution in [0, 0.1) is 0 Å². The molecule has 0 spiro atoms. The maximum atomic E-state index is 11.5. The van der Waals surface area contributed by atoms with E-state index in [0.717, 1.165) is 10.2 Å². The standard InChI is InChI=1S/C16H22N2O4S/c1-16(2,3)22-15(21)17-7-6-12(19)14(20)10-4-5-13-11(8-10)18-9-23-13/h4-5,8-9,12,14,19-20H,6-7H2,1-3H3,(H,17,21). The summed E-state index contributed by atoms with van der Waals surface area (Å²) >= 11 is 1.52. The normalized spacial score (nSPS) is 14.5. The number of aromatic nitrogens is 1. The third kappa shape index (κ3) is 5.16. The van der Waals surface area contributed by atoms with E-state index in [4.69, 9.17) is 4.74 Å². The number of nitrogens with zero attached hydrogens (tertiary/aromatic N) is 1. The molecule has 1 aromatic heterocycles. The Morgan fingerprint density at radius 2 is 2.13 bits per heavy atom. The van der Waals surface area contributed by atoms with Crippen LogP contribution < -0.4 is 5.32 Å². The van der Waals surface area contributed by atoms with Gasteiger partial charge in [-0.25, -0.2) is 9.78 Å². The molecule has 0 saturated heterocycles. The number of aliphatic hydroxyl groups excluding tert-OH is 2. The fraction of sp³-hybridized carbons (Fsp3) is 0.500. The Labute approximate surface area is 139 Å². The maximum absolute atomic E-state index is 11.5. The lowest BCUT2D eigenvalue weighted by atomic mass is 10.0. The van der Waals surface area contributed by atoms with Gasteiger partial charge in [0.05, 0.1) is 21.8 Å². The number of carbonyl (C=O) groups is 1. The van der Waals surface area contributed by atoms with Gasteiger partial charge in [0.1, 0.15) is 11.7 Å². The van der Waals surface area contributed by atoms with E-state index in [1.807, 2.05) is 6.07 Å². The molecule has 0 fully saturated rings. The number of thiazole rings is 1. The van der Waals surface area contributed by atoms with Crippen LogP contribution in [0.15, 0.2) is 23.7 Å². The van der Waals surface area contributed by atoms with Crippen LogP contribution in [0.1, 0.15) is 38.9 Å². The van der Waals surface area contributed by atoms with Crippen molar-refractivity contribution in [3.8, 4) is 0 Å². The Bertz CT molecular complexity index is 665. The van der Waals surface area contributed by atoms with Gasteiger partial charge in [-0.1, -0.05) is 6.07 Å². The van der Waals surface area contributed by atoms with Gasteiger partial charge in [-0.15, -0.1) is 11.3 Å². The maximum Gasteiger partial charge on any atom is 0.407 e. The lowest BCUT2D eigenvalue weighted by molar-refractivity contribution is 0.0124. The molecule has 3 N–H and O–H groups in total. The number of nitrogens with one attached hydrogen (secondary N) is 1. The number of amides is 1.